The van der Waals surface area contributed by atoms with Gasteiger partial charge in [-0.25, -0.2) is 8.42 Å². The molecule has 7 heteroatoms. The Kier molecular flexibility index (Phi) is 5.08. The number of hydrogen-bond donors (Lipinski definition) is 2. The largest absolute Gasteiger partial charge is 0.493 e. The first kappa shape index (κ1) is 16.1. The number of aliphatic hydroxyl groups excluding tert-OH is 1. The topological polar surface area (TPSA) is 84.9 Å². The minimum absolute atomic E-state index is 0.0000995. The molecule has 0 spiro atoms. The van der Waals surface area contributed by atoms with Crippen LogP contribution >= 0.6 is 0 Å². The molecule has 0 saturated carbocycles. The summed E-state index contributed by atoms with van der Waals surface area (Å²) in [7, 11) is 0.0589. The summed E-state index contributed by atoms with van der Waals surface area (Å²) in [6, 6.07) is 5.28. The van der Waals surface area contributed by atoms with Gasteiger partial charge < -0.3 is 19.9 Å². The third kappa shape index (κ3) is 4.09. The second-order valence-electron chi connectivity index (χ2n) is 5.14. The van der Waals surface area contributed by atoms with Gasteiger partial charge in [-0.1, -0.05) is 6.07 Å². The standard InChI is InChI=1S/C14H21NO5S/c1-19-13-4-3-10(7-14(13)20-2)5-6-15-11-8-21(17,18)9-12(11)16/h3-4,7,11-12,15-16H,5-6,8-9H2,1-2H3. The average molecular weight is 315 g/mol. The van der Waals surface area contributed by atoms with Crippen molar-refractivity contribution in [3.8, 4) is 11.5 Å². The highest BCUT2D eigenvalue weighted by molar-refractivity contribution is 7.91. The van der Waals surface area contributed by atoms with E-state index in [-0.39, 0.29) is 17.5 Å². The summed E-state index contributed by atoms with van der Waals surface area (Å²) in [5, 5.41) is 12.8. The van der Waals surface area contributed by atoms with Gasteiger partial charge in [0, 0.05) is 6.04 Å². The molecule has 0 amide bonds. The monoisotopic (exact) mass is 315 g/mol. The minimum atomic E-state index is -3.11. The highest BCUT2D eigenvalue weighted by Crippen LogP contribution is 2.27. The molecule has 21 heavy (non-hydrogen) atoms. The van der Waals surface area contributed by atoms with Gasteiger partial charge in [0.15, 0.2) is 21.3 Å². The fourth-order valence-electron chi connectivity index (χ4n) is 2.46. The van der Waals surface area contributed by atoms with Gasteiger partial charge in [0.1, 0.15) is 0 Å². The van der Waals surface area contributed by atoms with Gasteiger partial charge in [-0.3, -0.25) is 0 Å². The van der Waals surface area contributed by atoms with Crippen LogP contribution < -0.4 is 14.8 Å². The predicted molar refractivity (Wildman–Crippen MR) is 79.7 cm³/mol. The molecular weight excluding hydrogens is 294 g/mol. The minimum Gasteiger partial charge on any atom is -0.493 e. The van der Waals surface area contributed by atoms with Gasteiger partial charge >= 0.3 is 0 Å². The molecule has 1 aliphatic heterocycles. The first-order chi connectivity index (χ1) is 9.95. The normalized spacial score (nSPS) is 24.0. The Labute approximate surface area is 125 Å². The second-order valence-corrected chi connectivity index (χ2v) is 7.30. The molecule has 1 aromatic rings. The van der Waals surface area contributed by atoms with E-state index in [4.69, 9.17) is 9.47 Å². The lowest BCUT2D eigenvalue weighted by atomic mass is 10.1. The summed E-state index contributed by atoms with van der Waals surface area (Å²) in [4.78, 5) is 0. The van der Waals surface area contributed by atoms with Crippen LogP contribution in [0, 0.1) is 0 Å². The van der Waals surface area contributed by atoms with Gasteiger partial charge in [-0.15, -0.1) is 0 Å². The van der Waals surface area contributed by atoms with Crippen LogP contribution in [0.4, 0.5) is 0 Å². The summed E-state index contributed by atoms with van der Waals surface area (Å²) >= 11 is 0. The van der Waals surface area contributed by atoms with Gasteiger partial charge in [0.25, 0.3) is 0 Å². The summed E-state index contributed by atoms with van der Waals surface area (Å²) in [6.45, 7) is 0.590. The molecule has 0 aromatic heterocycles. The zero-order valence-electron chi connectivity index (χ0n) is 12.2. The molecule has 2 unspecified atom stereocenters. The third-order valence-corrected chi connectivity index (χ3v) is 5.31. The molecule has 1 aromatic carbocycles. The summed E-state index contributed by atoms with van der Waals surface area (Å²) in [5.41, 5.74) is 1.05. The van der Waals surface area contributed by atoms with Crippen molar-refractivity contribution in [2.24, 2.45) is 0 Å². The van der Waals surface area contributed by atoms with Crippen molar-refractivity contribution in [2.45, 2.75) is 18.6 Å². The van der Waals surface area contributed by atoms with E-state index in [0.29, 0.717) is 24.5 Å². The van der Waals surface area contributed by atoms with Crippen molar-refractivity contribution in [3.05, 3.63) is 23.8 Å². The Morgan fingerprint density at radius 1 is 1.24 bits per heavy atom. The molecule has 1 heterocycles. The number of sulfone groups is 1. The molecule has 118 valence electrons. The van der Waals surface area contributed by atoms with Gasteiger partial charge in [-0.2, -0.15) is 0 Å². The maximum Gasteiger partial charge on any atom is 0.160 e. The van der Waals surface area contributed by atoms with Crippen LogP contribution in [0.5, 0.6) is 11.5 Å². The van der Waals surface area contributed by atoms with E-state index < -0.39 is 15.9 Å². The van der Waals surface area contributed by atoms with E-state index in [2.05, 4.69) is 5.32 Å². The number of benzene rings is 1. The maximum atomic E-state index is 11.4. The quantitative estimate of drug-likeness (QED) is 0.768. The number of aliphatic hydroxyl groups is 1. The maximum absolute atomic E-state index is 11.4. The zero-order valence-corrected chi connectivity index (χ0v) is 13.0. The number of methoxy groups -OCH3 is 2. The third-order valence-electron chi connectivity index (χ3n) is 3.59. The molecule has 2 N–H and O–H groups in total. The molecular formula is C14H21NO5S. The van der Waals surface area contributed by atoms with Crippen molar-refractivity contribution in [1.29, 1.82) is 0 Å². The number of ether oxygens (including phenoxy) is 2. The Morgan fingerprint density at radius 3 is 2.52 bits per heavy atom. The van der Waals surface area contributed by atoms with Crippen molar-refractivity contribution in [1.82, 2.24) is 5.32 Å². The van der Waals surface area contributed by atoms with Crippen LogP contribution in [0.25, 0.3) is 0 Å². The SMILES string of the molecule is COc1ccc(CCNC2CS(=O)(=O)CC2O)cc1OC. The van der Waals surface area contributed by atoms with E-state index in [1.54, 1.807) is 14.2 Å². The van der Waals surface area contributed by atoms with Crippen LogP contribution in [0.3, 0.4) is 0 Å². The first-order valence-corrected chi connectivity index (χ1v) is 8.60. The van der Waals surface area contributed by atoms with Gasteiger partial charge in [-0.05, 0) is 30.7 Å². The lowest BCUT2D eigenvalue weighted by Crippen LogP contribution is -2.39. The van der Waals surface area contributed by atoms with Crippen molar-refractivity contribution in [3.63, 3.8) is 0 Å². The molecule has 6 nitrogen and oxygen atoms in total. The molecule has 1 aliphatic rings. The highest BCUT2D eigenvalue weighted by Gasteiger charge is 2.35. The van der Waals surface area contributed by atoms with E-state index >= 15 is 0 Å². The zero-order chi connectivity index (χ0) is 15.5. The van der Waals surface area contributed by atoms with Crippen molar-refractivity contribution in [2.75, 3.05) is 32.3 Å². The number of hydrogen-bond acceptors (Lipinski definition) is 6. The summed E-state index contributed by atoms with van der Waals surface area (Å²) in [6.07, 6.45) is -0.107. The number of nitrogens with one attached hydrogen (secondary N) is 1. The van der Waals surface area contributed by atoms with Crippen LogP contribution in [-0.4, -0.2) is 57.9 Å². The van der Waals surface area contributed by atoms with Gasteiger partial charge in [0.05, 0.1) is 31.8 Å². The van der Waals surface area contributed by atoms with Gasteiger partial charge in [0.2, 0.25) is 0 Å². The Balaban J connectivity index is 1.89. The second kappa shape index (κ2) is 6.64. The van der Waals surface area contributed by atoms with E-state index in [1.165, 1.54) is 0 Å². The highest BCUT2D eigenvalue weighted by atomic mass is 32.2. The molecule has 0 aliphatic carbocycles. The molecule has 1 saturated heterocycles. The predicted octanol–water partition coefficient (Wildman–Crippen LogP) is -0.00620. The van der Waals surface area contributed by atoms with Crippen molar-refractivity contribution < 1.29 is 23.0 Å². The molecule has 2 atom stereocenters. The van der Waals surface area contributed by atoms with E-state index in [9.17, 15) is 13.5 Å². The van der Waals surface area contributed by atoms with E-state index in [0.717, 1.165) is 5.56 Å². The smallest absolute Gasteiger partial charge is 0.160 e. The van der Waals surface area contributed by atoms with Crippen molar-refractivity contribution >= 4 is 9.84 Å². The Morgan fingerprint density at radius 2 is 1.95 bits per heavy atom. The summed E-state index contributed by atoms with van der Waals surface area (Å²) < 4.78 is 33.2. The molecule has 0 radical (unpaired) electrons. The van der Waals surface area contributed by atoms with Crippen LogP contribution in [0.15, 0.2) is 18.2 Å². The lowest BCUT2D eigenvalue weighted by molar-refractivity contribution is 0.166. The fraction of sp³-hybridized carbons (Fsp3) is 0.571. The fourth-order valence-corrected chi connectivity index (χ4v) is 4.24. The first-order valence-electron chi connectivity index (χ1n) is 6.78. The Bertz CT molecular complexity index is 587. The molecule has 2 rings (SSSR count). The van der Waals surface area contributed by atoms with E-state index in [1.807, 2.05) is 18.2 Å². The molecule has 1 fully saturated rings. The molecule has 0 bridgehead atoms. The van der Waals surface area contributed by atoms with Crippen LogP contribution in [-0.2, 0) is 16.3 Å². The Hall–Kier alpha value is -1.31. The lowest BCUT2D eigenvalue weighted by Gasteiger charge is -2.15. The summed E-state index contributed by atoms with van der Waals surface area (Å²) in [5.74, 6) is 1.19. The average Bonchev–Trinajstić information content (AvgIpc) is 2.71. The number of rotatable bonds is 6. The van der Waals surface area contributed by atoms with Crippen LogP contribution in [0.2, 0.25) is 0 Å². The van der Waals surface area contributed by atoms with Crippen LogP contribution in [0.1, 0.15) is 5.56 Å².